The molecule has 0 aromatic carbocycles. The molecular formula is C24H49N3O5. The molecule has 5 unspecified atom stereocenters. The number of nitrogens with zero attached hydrogens (tertiary/aromatic N) is 3. The van der Waals surface area contributed by atoms with Gasteiger partial charge in [-0.3, -0.25) is 0 Å². The molecule has 190 valence electrons. The van der Waals surface area contributed by atoms with E-state index in [1.807, 2.05) is 7.05 Å². The molecule has 0 bridgehead atoms. The van der Waals surface area contributed by atoms with E-state index in [1.54, 1.807) is 21.3 Å². The zero-order chi connectivity index (χ0) is 23.9. The number of hydrogen-bond acceptors (Lipinski definition) is 8. The lowest BCUT2D eigenvalue weighted by Gasteiger charge is -2.18. The molecule has 2 fully saturated rings. The van der Waals surface area contributed by atoms with E-state index in [4.69, 9.17) is 14.2 Å². The van der Waals surface area contributed by atoms with Crippen LogP contribution in [0.4, 0.5) is 0 Å². The number of β-amino-alcohol motifs (C(OH)–C–C–N with tert-alkyl or cyclic N) is 1. The lowest BCUT2D eigenvalue weighted by molar-refractivity contribution is 0.0468. The van der Waals surface area contributed by atoms with Crippen molar-refractivity contribution < 1.29 is 24.4 Å². The van der Waals surface area contributed by atoms with Gasteiger partial charge in [-0.25, -0.2) is 0 Å². The Morgan fingerprint density at radius 3 is 1.94 bits per heavy atom. The predicted molar refractivity (Wildman–Crippen MR) is 129 cm³/mol. The number of rotatable bonds is 3. The van der Waals surface area contributed by atoms with Gasteiger partial charge >= 0.3 is 0 Å². The van der Waals surface area contributed by atoms with Gasteiger partial charge in [-0.1, -0.05) is 12.2 Å². The third-order valence-corrected chi connectivity index (χ3v) is 6.25. The van der Waals surface area contributed by atoms with Crippen LogP contribution in [0.25, 0.3) is 0 Å². The van der Waals surface area contributed by atoms with E-state index >= 15 is 0 Å². The molecule has 2 N–H and O–H groups in total. The smallest absolute Gasteiger partial charge is 0.0732 e. The van der Waals surface area contributed by atoms with Gasteiger partial charge in [-0.05, 0) is 46.8 Å². The Kier molecular flexibility index (Phi) is 15.6. The van der Waals surface area contributed by atoms with E-state index in [0.717, 1.165) is 71.4 Å². The number of aliphatic hydroxyl groups excluding tert-OH is 2. The largest absolute Gasteiger partial charge is 0.393 e. The van der Waals surface area contributed by atoms with E-state index < -0.39 is 0 Å². The van der Waals surface area contributed by atoms with Crippen molar-refractivity contribution in [2.45, 2.75) is 62.6 Å². The van der Waals surface area contributed by atoms with Crippen LogP contribution in [0.3, 0.4) is 0 Å². The predicted octanol–water partition coefficient (Wildman–Crippen LogP) is 1.07. The average Bonchev–Trinajstić information content (AvgIpc) is 3.16. The van der Waals surface area contributed by atoms with Crippen molar-refractivity contribution in [3.8, 4) is 0 Å². The number of aliphatic hydroxyl groups is 2. The summed E-state index contributed by atoms with van der Waals surface area (Å²) in [4.78, 5) is 6.58. The van der Waals surface area contributed by atoms with E-state index in [2.05, 4.69) is 40.9 Å². The van der Waals surface area contributed by atoms with Crippen LogP contribution in [-0.2, 0) is 14.2 Å². The Balaban J connectivity index is 0.000000240. The number of likely N-dealkylation sites (tertiary alicyclic amines) is 2. The first kappa shape index (κ1) is 29.5. The standard InChI is InChI=1S/2C8H17NO2.C8H15NO/c1-9-4-3-7(10)5-8(6-9)11-2;1-9-5-7(10)3-4-8(6-9)11-2;1-9-6-4-3-5-8(7-9)10-2/h2*7-8,10H,3-6H2,1-2H3;3-4,8H,5-7H2,1-2H3. The zero-order valence-corrected chi connectivity index (χ0v) is 21.3. The molecule has 8 nitrogen and oxygen atoms in total. The molecule has 32 heavy (non-hydrogen) atoms. The number of hydrogen-bond donors (Lipinski definition) is 2. The highest BCUT2D eigenvalue weighted by Crippen LogP contribution is 2.12. The quantitative estimate of drug-likeness (QED) is 0.607. The molecule has 3 aliphatic heterocycles. The molecule has 5 atom stereocenters. The molecule has 2 saturated heterocycles. The SMILES string of the molecule is COC1CC(O)CCN(C)C1.COC1CC=CCN(C)C1.COC1CCC(O)CN(C)C1. The molecule has 0 saturated carbocycles. The summed E-state index contributed by atoms with van der Waals surface area (Å²) in [5.74, 6) is 0. The second kappa shape index (κ2) is 16.9. The fourth-order valence-electron chi connectivity index (χ4n) is 4.18. The van der Waals surface area contributed by atoms with Crippen molar-refractivity contribution in [2.24, 2.45) is 0 Å². The topological polar surface area (TPSA) is 77.9 Å². The minimum atomic E-state index is -0.176. The molecule has 0 radical (unpaired) electrons. The molecule has 0 aromatic heterocycles. The Morgan fingerprint density at radius 1 is 0.656 bits per heavy atom. The molecule has 0 aromatic rings. The molecule has 3 aliphatic rings. The normalized spacial score (nSPS) is 33.1. The van der Waals surface area contributed by atoms with Gasteiger partial charge in [0.25, 0.3) is 0 Å². The third kappa shape index (κ3) is 13.2. The van der Waals surface area contributed by atoms with Gasteiger partial charge in [0.1, 0.15) is 0 Å². The van der Waals surface area contributed by atoms with Crippen molar-refractivity contribution in [1.82, 2.24) is 14.7 Å². The monoisotopic (exact) mass is 459 g/mol. The van der Waals surface area contributed by atoms with E-state index in [-0.39, 0.29) is 18.3 Å². The molecule has 0 aliphatic carbocycles. The summed E-state index contributed by atoms with van der Waals surface area (Å²) in [6.45, 7) is 5.73. The number of ether oxygens (including phenoxy) is 3. The molecular weight excluding hydrogens is 410 g/mol. The maximum Gasteiger partial charge on any atom is 0.0732 e. The van der Waals surface area contributed by atoms with Gasteiger partial charge in [0.15, 0.2) is 0 Å². The lowest BCUT2D eigenvalue weighted by atomic mass is 10.1. The first-order chi connectivity index (χ1) is 15.3. The second-order valence-electron chi connectivity index (χ2n) is 9.39. The highest BCUT2D eigenvalue weighted by molar-refractivity contribution is 4.91. The van der Waals surface area contributed by atoms with Crippen LogP contribution in [0, 0.1) is 0 Å². The molecule has 3 rings (SSSR count). The fourth-order valence-corrected chi connectivity index (χ4v) is 4.18. The van der Waals surface area contributed by atoms with Crippen molar-refractivity contribution in [2.75, 3.05) is 81.7 Å². The van der Waals surface area contributed by atoms with Gasteiger partial charge in [0.05, 0.1) is 30.5 Å². The van der Waals surface area contributed by atoms with Crippen LogP contribution in [0.2, 0.25) is 0 Å². The Bertz CT molecular complexity index is 484. The first-order valence-electron chi connectivity index (χ1n) is 11.9. The summed E-state index contributed by atoms with van der Waals surface area (Å²) in [6, 6.07) is 0. The maximum atomic E-state index is 9.40. The summed E-state index contributed by atoms with van der Waals surface area (Å²) in [5, 5.41) is 18.8. The molecule has 3 heterocycles. The highest BCUT2D eigenvalue weighted by atomic mass is 16.5. The highest BCUT2D eigenvalue weighted by Gasteiger charge is 2.21. The second-order valence-corrected chi connectivity index (χ2v) is 9.39. The van der Waals surface area contributed by atoms with Crippen LogP contribution in [0.1, 0.15) is 32.1 Å². The lowest BCUT2D eigenvalue weighted by Crippen LogP contribution is -2.31. The van der Waals surface area contributed by atoms with E-state index in [9.17, 15) is 10.2 Å². The number of likely N-dealkylation sites (N-methyl/N-ethyl adjacent to an activating group) is 3. The Labute approximate surface area is 196 Å². The van der Waals surface area contributed by atoms with E-state index in [1.165, 1.54) is 0 Å². The van der Waals surface area contributed by atoms with Gasteiger partial charge in [-0.15, -0.1) is 0 Å². The van der Waals surface area contributed by atoms with Crippen LogP contribution in [-0.4, -0.2) is 137 Å². The Hall–Kier alpha value is -0.580. The van der Waals surface area contributed by atoms with Crippen LogP contribution in [0.5, 0.6) is 0 Å². The minimum Gasteiger partial charge on any atom is -0.393 e. The summed E-state index contributed by atoms with van der Waals surface area (Å²) >= 11 is 0. The minimum absolute atomic E-state index is 0.167. The van der Waals surface area contributed by atoms with Gasteiger partial charge in [-0.2, -0.15) is 0 Å². The van der Waals surface area contributed by atoms with Crippen molar-refractivity contribution in [3.63, 3.8) is 0 Å². The van der Waals surface area contributed by atoms with Crippen LogP contribution in [0.15, 0.2) is 12.2 Å². The number of methoxy groups -OCH3 is 3. The molecule has 8 heteroatoms. The van der Waals surface area contributed by atoms with Gasteiger partial charge in [0, 0.05) is 67.0 Å². The van der Waals surface area contributed by atoms with Crippen LogP contribution >= 0.6 is 0 Å². The molecule has 0 amide bonds. The average molecular weight is 460 g/mol. The third-order valence-electron chi connectivity index (χ3n) is 6.25. The Morgan fingerprint density at radius 2 is 1.28 bits per heavy atom. The van der Waals surface area contributed by atoms with Crippen molar-refractivity contribution in [1.29, 1.82) is 0 Å². The van der Waals surface area contributed by atoms with Crippen molar-refractivity contribution >= 4 is 0 Å². The van der Waals surface area contributed by atoms with Crippen LogP contribution < -0.4 is 0 Å². The van der Waals surface area contributed by atoms with Gasteiger partial charge in [0.2, 0.25) is 0 Å². The van der Waals surface area contributed by atoms with Gasteiger partial charge < -0.3 is 39.1 Å². The summed E-state index contributed by atoms with van der Waals surface area (Å²) in [7, 11) is 11.4. The summed E-state index contributed by atoms with van der Waals surface area (Å²) in [5.41, 5.74) is 0. The van der Waals surface area contributed by atoms with E-state index in [0.29, 0.717) is 12.2 Å². The fraction of sp³-hybridized carbons (Fsp3) is 0.917. The summed E-state index contributed by atoms with van der Waals surface area (Å²) < 4.78 is 15.7. The molecule has 0 spiro atoms. The maximum absolute atomic E-state index is 9.40. The summed E-state index contributed by atoms with van der Waals surface area (Å²) in [6.07, 6.45) is 9.49. The van der Waals surface area contributed by atoms with Crippen molar-refractivity contribution in [3.05, 3.63) is 12.2 Å². The zero-order valence-electron chi connectivity index (χ0n) is 21.3. The first-order valence-corrected chi connectivity index (χ1v) is 11.9.